The SMILES string of the molecule is FC(F)(F)c1cc(-c2ccccc2)no1. The van der Waals surface area contributed by atoms with E-state index in [2.05, 4.69) is 9.68 Å². The van der Waals surface area contributed by atoms with Crippen LogP contribution in [0.3, 0.4) is 0 Å². The van der Waals surface area contributed by atoms with Gasteiger partial charge in [0.25, 0.3) is 0 Å². The van der Waals surface area contributed by atoms with Crippen LogP contribution in [0.15, 0.2) is 40.9 Å². The van der Waals surface area contributed by atoms with Gasteiger partial charge in [0.15, 0.2) is 0 Å². The highest BCUT2D eigenvalue weighted by molar-refractivity contribution is 5.58. The van der Waals surface area contributed by atoms with Crippen LogP contribution in [0.2, 0.25) is 0 Å². The van der Waals surface area contributed by atoms with Gasteiger partial charge in [-0.1, -0.05) is 35.5 Å². The molecule has 0 aliphatic carbocycles. The van der Waals surface area contributed by atoms with Crippen molar-refractivity contribution in [1.82, 2.24) is 5.16 Å². The molecular formula is C10H6F3NO. The molecule has 1 heterocycles. The lowest BCUT2D eigenvalue weighted by Crippen LogP contribution is -2.02. The number of benzene rings is 1. The molecule has 0 fully saturated rings. The molecule has 78 valence electrons. The normalized spacial score (nSPS) is 11.7. The van der Waals surface area contributed by atoms with Crippen molar-refractivity contribution >= 4 is 0 Å². The van der Waals surface area contributed by atoms with Crippen molar-refractivity contribution in [3.63, 3.8) is 0 Å². The molecule has 5 heteroatoms. The molecule has 0 unspecified atom stereocenters. The van der Waals surface area contributed by atoms with Gasteiger partial charge >= 0.3 is 6.18 Å². The quantitative estimate of drug-likeness (QED) is 0.725. The maximum Gasteiger partial charge on any atom is 0.452 e. The molecular weight excluding hydrogens is 207 g/mol. The van der Waals surface area contributed by atoms with Crippen LogP contribution in [-0.4, -0.2) is 5.16 Å². The minimum atomic E-state index is -4.49. The molecule has 1 aromatic heterocycles. The van der Waals surface area contributed by atoms with Gasteiger partial charge in [0.05, 0.1) is 0 Å². The van der Waals surface area contributed by atoms with Gasteiger partial charge in [-0.2, -0.15) is 13.2 Å². The summed E-state index contributed by atoms with van der Waals surface area (Å²) in [7, 11) is 0. The summed E-state index contributed by atoms with van der Waals surface area (Å²) in [6.07, 6.45) is -4.49. The van der Waals surface area contributed by atoms with Gasteiger partial charge in [-0.3, -0.25) is 0 Å². The molecule has 0 saturated heterocycles. The minimum absolute atomic E-state index is 0.183. The highest BCUT2D eigenvalue weighted by Gasteiger charge is 2.36. The first-order valence-corrected chi connectivity index (χ1v) is 4.17. The molecule has 2 nitrogen and oxygen atoms in total. The van der Waals surface area contributed by atoms with Gasteiger partial charge in [0.1, 0.15) is 5.69 Å². The van der Waals surface area contributed by atoms with Gasteiger partial charge in [-0.05, 0) is 0 Å². The van der Waals surface area contributed by atoms with Crippen LogP contribution in [0, 0.1) is 0 Å². The monoisotopic (exact) mass is 213 g/mol. The summed E-state index contributed by atoms with van der Waals surface area (Å²) in [5, 5.41) is 3.36. The van der Waals surface area contributed by atoms with Crippen molar-refractivity contribution < 1.29 is 17.7 Å². The number of halogens is 3. The first-order chi connectivity index (χ1) is 7.07. The molecule has 0 spiro atoms. The van der Waals surface area contributed by atoms with Crippen LogP contribution in [0.4, 0.5) is 13.2 Å². The molecule has 0 atom stereocenters. The van der Waals surface area contributed by atoms with Crippen LogP contribution < -0.4 is 0 Å². The van der Waals surface area contributed by atoms with E-state index in [1.807, 2.05) is 0 Å². The predicted molar refractivity (Wildman–Crippen MR) is 46.9 cm³/mol. The van der Waals surface area contributed by atoms with Crippen molar-refractivity contribution in [2.75, 3.05) is 0 Å². The second-order valence-corrected chi connectivity index (χ2v) is 2.94. The Hall–Kier alpha value is -1.78. The molecule has 0 aliphatic rings. The van der Waals surface area contributed by atoms with E-state index in [1.165, 1.54) is 0 Å². The minimum Gasteiger partial charge on any atom is -0.351 e. The summed E-state index contributed by atoms with van der Waals surface area (Å²) in [6.45, 7) is 0. The Morgan fingerprint density at radius 3 is 2.27 bits per heavy atom. The summed E-state index contributed by atoms with van der Waals surface area (Å²) in [4.78, 5) is 0. The number of aromatic nitrogens is 1. The van der Waals surface area contributed by atoms with Crippen molar-refractivity contribution in [1.29, 1.82) is 0 Å². The van der Waals surface area contributed by atoms with Crippen LogP contribution in [0.25, 0.3) is 11.3 Å². The number of rotatable bonds is 1. The fourth-order valence-corrected chi connectivity index (χ4v) is 1.15. The highest BCUT2D eigenvalue weighted by Crippen LogP contribution is 2.31. The Labute approximate surface area is 83.3 Å². The van der Waals surface area contributed by atoms with Crippen molar-refractivity contribution in [2.24, 2.45) is 0 Å². The highest BCUT2D eigenvalue weighted by atomic mass is 19.4. The van der Waals surface area contributed by atoms with Crippen molar-refractivity contribution in [3.05, 3.63) is 42.2 Å². The number of hydrogen-bond donors (Lipinski definition) is 0. The average molecular weight is 213 g/mol. The molecule has 1 aromatic carbocycles. The Bertz CT molecular complexity index is 447. The molecule has 2 aromatic rings. The molecule has 0 N–H and O–H groups in total. The Morgan fingerprint density at radius 2 is 1.73 bits per heavy atom. The molecule has 0 bridgehead atoms. The van der Waals surface area contributed by atoms with Gasteiger partial charge in [-0.25, -0.2) is 0 Å². The maximum absolute atomic E-state index is 12.2. The molecule has 15 heavy (non-hydrogen) atoms. The van der Waals surface area contributed by atoms with E-state index in [0.717, 1.165) is 6.07 Å². The first-order valence-electron chi connectivity index (χ1n) is 4.17. The first kappa shape index (κ1) is 9.76. The Kier molecular flexibility index (Phi) is 2.22. The molecule has 0 radical (unpaired) electrons. The van der Waals surface area contributed by atoms with Crippen LogP contribution >= 0.6 is 0 Å². The summed E-state index contributed by atoms with van der Waals surface area (Å²) in [5.74, 6) is -1.08. The van der Waals surface area contributed by atoms with E-state index >= 15 is 0 Å². The third kappa shape index (κ3) is 2.01. The fourth-order valence-electron chi connectivity index (χ4n) is 1.15. The lowest BCUT2D eigenvalue weighted by molar-refractivity contribution is -0.155. The van der Waals surface area contributed by atoms with Gasteiger partial charge in [0.2, 0.25) is 5.76 Å². The zero-order valence-corrected chi connectivity index (χ0v) is 7.45. The number of nitrogens with zero attached hydrogens (tertiary/aromatic N) is 1. The second kappa shape index (κ2) is 3.42. The van der Waals surface area contributed by atoms with Crippen LogP contribution in [0.5, 0.6) is 0 Å². The Balaban J connectivity index is 2.37. The Morgan fingerprint density at radius 1 is 1.07 bits per heavy atom. The van der Waals surface area contributed by atoms with E-state index < -0.39 is 11.9 Å². The van der Waals surface area contributed by atoms with E-state index in [9.17, 15) is 13.2 Å². The largest absolute Gasteiger partial charge is 0.452 e. The maximum atomic E-state index is 12.2. The summed E-state index contributed by atoms with van der Waals surface area (Å²) >= 11 is 0. The van der Waals surface area contributed by atoms with Gasteiger partial charge in [0, 0.05) is 11.6 Å². The second-order valence-electron chi connectivity index (χ2n) is 2.94. The zero-order chi connectivity index (χ0) is 10.9. The van der Waals surface area contributed by atoms with E-state index in [-0.39, 0.29) is 5.69 Å². The summed E-state index contributed by atoms with van der Waals surface area (Å²) in [6, 6.07) is 9.42. The molecule has 2 rings (SSSR count). The van der Waals surface area contributed by atoms with Crippen molar-refractivity contribution in [3.8, 4) is 11.3 Å². The van der Waals surface area contributed by atoms with Crippen LogP contribution in [-0.2, 0) is 6.18 Å². The summed E-state index contributed by atoms with van der Waals surface area (Å²) in [5.41, 5.74) is 0.777. The topological polar surface area (TPSA) is 26.0 Å². The smallest absolute Gasteiger partial charge is 0.351 e. The molecule has 0 aliphatic heterocycles. The fraction of sp³-hybridized carbons (Fsp3) is 0.100. The van der Waals surface area contributed by atoms with Gasteiger partial charge < -0.3 is 4.52 Å². The van der Waals surface area contributed by atoms with E-state index in [1.54, 1.807) is 30.3 Å². The van der Waals surface area contributed by atoms with E-state index in [0.29, 0.717) is 5.56 Å². The molecule has 0 amide bonds. The lowest BCUT2D eigenvalue weighted by atomic mass is 10.1. The van der Waals surface area contributed by atoms with E-state index in [4.69, 9.17) is 0 Å². The summed E-state index contributed by atoms with van der Waals surface area (Å²) < 4.78 is 40.8. The third-order valence-electron chi connectivity index (χ3n) is 1.86. The predicted octanol–water partition coefficient (Wildman–Crippen LogP) is 3.36. The number of hydrogen-bond acceptors (Lipinski definition) is 2. The van der Waals surface area contributed by atoms with Gasteiger partial charge in [-0.15, -0.1) is 0 Å². The van der Waals surface area contributed by atoms with Crippen LogP contribution in [0.1, 0.15) is 5.76 Å². The lowest BCUT2D eigenvalue weighted by Gasteiger charge is -1.97. The number of alkyl halides is 3. The third-order valence-corrected chi connectivity index (χ3v) is 1.86. The zero-order valence-electron chi connectivity index (χ0n) is 7.45. The molecule has 0 saturated carbocycles. The van der Waals surface area contributed by atoms with Crippen molar-refractivity contribution in [2.45, 2.75) is 6.18 Å². The standard InChI is InChI=1S/C10H6F3NO/c11-10(12,13)9-6-8(14-15-9)7-4-2-1-3-5-7/h1-6H. The average Bonchev–Trinajstić information content (AvgIpc) is 2.67.